The first-order valence-electron chi connectivity index (χ1n) is 9.49. The number of ether oxygens (including phenoxy) is 1. The van der Waals surface area contributed by atoms with Gasteiger partial charge in [0.1, 0.15) is 0 Å². The monoisotopic (exact) mass is 321 g/mol. The Kier molecular flexibility index (Phi) is 3.84. The Labute approximate surface area is 139 Å². The van der Waals surface area contributed by atoms with Crippen molar-refractivity contribution in [3.8, 4) is 0 Å². The molecule has 1 spiro atoms. The van der Waals surface area contributed by atoms with Crippen LogP contribution in [0.25, 0.3) is 0 Å². The molecule has 5 nitrogen and oxygen atoms in total. The number of urea groups is 1. The van der Waals surface area contributed by atoms with E-state index in [1.54, 1.807) is 0 Å². The second kappa shape index (κ2) is 5.62. The molecule has 4 atom stereocenters. The maximum absolute atomic E-state index is 13.2. The molecule has 3 heterocycles. The molecule has 130 valence electrons. The van der Waals surface area contributed by atoms with Gasteiger partial charge in [-0.05, 0) is 51.9 Å². The quantitative estimate of drug-likeness (QED) is 0.867. The van der Waals surface area contributed by atoms with Crippen LogP contribution in [0.4, 0.5) is 4.79 Å². The molecule has 0 aromatic heterocycles. The maximum Gasteiger partial charge on any atom is 0.321 e. The molecule has 3 aliphatic heterocycles. The van der Waals surface area contributed by atoms with Crippen molar-refractivity contribution >= 4 is 6.03 Å². The number of amides is 2. The van der Waals surface area contributed by atoms with Crippen LogP contribution in [0.3, 0.4) is 0 Å². The highest BCUT2D eigenvalue weighted by Crippen LogP contribution is 2.50. The lowest BCUT2D eigenvalue weighted by molar-refractivity contribution is 0.0493. The van der Waals surface area contributed by atoms with Gasteiger partial charge in [-0.2, -0.15) is 0 Å². The average molecular weight is 321 g/mol. The van der Waals surface area contributed by atoms with Gasteiger partial charge < -0.3 is 19.9 Å². The normalized spacial score (nSPS) is 41.0. The van der Waals surface area contributed by atoms with Crippen LogP contribution in [0.5, 0.6) is 0 Å². The van der Waals surface area contributed by atoms with E-state index in [4.69, 9.17) is 4.74 Å². The van der Waals surface area contributed by atoms with Crippen LogP contribution >= 0.6 is 0 Å². The van der Waals surface area contributed by atoms with Crippen molar-refractivity contribution in [1.82, 2.24) is 15.1 Å². The van der Waals surface area contributed by atoms with E-state index in [1.165, 1.54) is 12.8 Å². The van der Waals surface area contributed by atoms with Gasteiger partial charge in [0.05, 0.1) is 5.54 Å². The number of fused-ring (bicyclic) bond motifs is 1. The van der Waals surface area contributed by atoms with Crippen LogP contribution in [0.1, 0.15) is 52.9 Å². The standard InChI is InChI=1S/C18H31N3O2/c1-4-15-14-9-18(10-16(14)19-15)11-20(13-5-7-23-8-6-13)17(22)21(18)12(2)3/h12-16,19H,4-11H2,1-3H3. The van der Waals surface area contributed by atoms with Crippen molar-refractivity contribution in [3.63, 3.8) is 0 Å². The molecular weight excluding hydrogens is 290 g/mol. The molecule has 4 rings (SSSR count). The molecule has 0 radical (unpaired) electrons. The van der Waals surface area contributed by atoms with Gasteiger partial charge in [0, 0.05) is 43.9 Å². The molecule has 1 saturated carbocycles. The fourth-order valence-corrected chi connectivity index (χ4v) is 5.71. The highest BCUT2D eigenvalue weighted by atomic mass is 16.5. The Bertz CT molecular complexity index is 477. The molecule has 0 bridgehead atoms. The van der Waals surface area contributed by atoms with E-state index in [2.05, 4.69) is 35.9 Å². The third kappa shape index (κ3) is 2.30. The summed E-state index contributed by atoms with van der Waals surface area (Å²) in [4.78, 5) is 17.6. The summed E-state index contributed by atoms with van der Waals surface area (Å²) in [5.74, 6) is 0.767. The summed E-state index contributed by atoms with van der Waals surface area (Å²) in [5.41, 5.74) is 0.0653. The van der Waals surface area contributed by atoms with Gasteiger partial charge in [0.2, 0.25) is 0 Å². The Morgan fingerprint density at radius 1 is 1.30 bits per heavy atom. The van der Waals surface area contributed by atoms with E-state index < -0.39 is 0 Å². The van der Waals surface area contributed by atoms with E-state index in [1.807, 2.05) is 0 Å². The molecule has 1 N–H and O–H groups in total. The largest absolute Gasteiger partial charge is 0.381 e. The highest BCUT2D eigenvalue weighted by molar-refractivity contribution is 5.79. The summed E-state index contributed by atoms with van der Waals surface area (Å²) in [6.07, 6.45) is 5.52. The van der Waals surface area contributed by atoms with Gasteiger partial charge in [0.25, 0.3) is 0 Å². The van der Waals surface area contributed by atoms with Crippen molar-refractivity contribution in [1.29, 1.82) is 0 Å². The Morgan fingerprint density at radius 3 is 2.70 bits per heavy atom. The molecule has 23 heavy (non-hydrogen) atoms. The number of carbonyl (C=O) groups is 1. The highest BCUT2D eigenvalue weighted by Gasteiger charge is 2.61. The molecule has 0 aromatic rings. The van der Waals surface area contributed by atoms with Gasteiger partial charge in [-0.15, -0.1) is 0 Å². The van der Waals surface area contributed by atoms with E-state index in [0.717, 1.165) is 44.9 Å². The fraction of sp³-hybridized carbons (Fsp3) is 0.944. The van der Waals surface area contributed by atoms with E-state index in [-0.39, 0.29) is 17.6 Å². The van der Waals surface area contributed by atoms with Crippen LogP contribution < -0.4 is 5.32 Å². The maximum atomic E-state index is 13.2. The van der Waals surface area contributed by atoms with Crippen LogP contribution in [-0.4, -0.2) is 65.3 Å². The minimum atomic E-state index is 0.0653. The lowest BCUT2D eigenvalue weighted by atomic mass is 9.83. The van der Waals surface area contributed by atoms with Gasteiger partial charge in [-0.25, -0.2) is 4.79 Å². The smallest absolute Gasteiger partial charge is 0.321 e. The third-order valence-electron chi connectivity index (χ3n) is 6.69. The second-order valence-corrected chi connectivity index (χ2v) is 8.30. The Morgan fingerprint density at radius 2 is 2.04 bits per heavy atom. The van der Waals surface area contributed by atoms with Crippen molar-refractivity contribution < 1.29 is 9.53 Å². The molecule has 2 amide bonds. The zero-order chi connectivity index (χ0) is 16.2. The summed E-state index contributed by atoms with van der Waals surface area (Å²) in [7, 11) is 0. The summed E-state index contributed by atoms with van der Waals surface area (Å²) in [6, 6.07) is 2.24. The van der Waals surface area contributed by atoms with Gasteiger partial charge >= 0.3 is 6.03 Å². The SMILES string of the molecule is CCC1NC2CC3(CC12)CN(C1CCOCC1)C(=O)N3C(C)C. The predicted molar refractivity (Wildman–Crippen MR) is 89.4 cm³/mol. The molecule has 0 aromatic carbocycles. The van der Waals surface area contributed by atoms with Gasteiger partial charge in [-0.1, -0.05) is 6.92 Å². The average Bonchev–Trinajstić information content (AvgIpc) is 2.97. The molecule has 4 fully saturated rings. The number of carbonyl (C=O) groups excluding carboxylic acids is 1. The van der Waals surface area contributed by atoms with E-state index >= 15 is 0 Å². The molecule has 4 unspecified atom stereocenters. The Hall–Kier alpha value is -0.810. The number of nitrogens with one attached hydrogen (secondary N) is 1. The Balaban J connectivity index is 1.57. The lowest BCUT2D eigenvalue weighted by Gasteiger charge is -2.41. The number of rotatable bonds is 3. The number of hydrogen-bond acceptors (Lipinski definition) is 3. The summed E-state index contributed by atoms with van der Waals surface area (Å²) >= 11 is 0. The van der Waals surface area contributed by atoms with Gasteiger partial charge in [0.15, 0.2) is 0 Å². The predicted octanol–water partition coefficient (Wildman–Crippen LogP) is 2.21. The minimum absolute atomic E-state index is 0.0653. The summed E-state index contributed by atoms with van der Waals surface area (Å²) in [6.45, 7) is 9.16. The van der Waals surface area contributed by atoms with Gasteiger partial charge in [-0.3, -0.25) is 0 Å². The van der Waals surface area contributed by atoms with E-state index in [9.17, 15) is 4.79 Å². The molecule has 5 heteroatoms. The van der Waals surface area contributed by atoms with Crippen molar-refractivity contribution in [3.05, 3.63) is 0 Å². The second-order valence-electron chi connectivity index (χ2n) is 8.30. The first-order valence-corrected chi connectivity index (χ1v) is 9.49. The zero-order valence-corrected chi connectivity index (χ0v) is 14.8. The first kappa shape index (κ1) is 15.7. The van der Waals surface area contributed by atoms with Crippen molar-refractivity contribution in [2.24, 2.45) is 5.92 Å². The molecule has 4 aliphatic rings. The zero-order valence-electron chi connectivity index (χ0n) is 14.8. The van der Waals surface area contributed by atoms with Crippen LogP contribution in [-0.2, 0) is 4.74 Å². The van der Waals surface area contributed by atoms with Crippen molar-refractivity contribution in [2.75, 3.05) is 19.8 Å². The number of nitrogens with zero attached hydrogens (tertiary/aromatic N) is 2. The van der Waals surface area contributed by atoms with Crippen molar-refractivity contribution in [2.45, 2.75) is 82.6 Å². The summed E-state index contributed by atoms with van der Waals surface area (Å²) < 4.78 is 5.50. The fourth-order valence-electron chi connectivity index (χ4n) is 5.71. The van der Waals surface area contributed by atoms with Crippen LogP contribution in [0.15, 0.2) is 0 Å². The molecular formula is C18H31N3O2. The molecule has 3 saturated heterocycles. The summed E-state index contributed by atoms with van der Waals surface area (Å²) in [5, 5.41) is 3.73. The van der Waals surface area contributed by atoms with Crippen LogP contribution in [0, 0.1) is 5.92 Å². The minimum Gasteiger partial charge on any atom is -0.381 e. The molecule has 1 aliphatic carbocycles. The van der Waals surface area contributed by atoms with E-state index in [0.29, 0.717) is 18.1 Å². The number of hydrogen-bond donors (Lipinski definition) is 1. The topological polar surface area (TPSA) is 44.8 Å². The third-order valence-corrected chi connectivity index (χ3v) is 6.69. The van der Waals surface area contributed by atoms with Crippen LogP contribution in [0.2, 0.25) is 0 Å². The first-order chi connectivity index (χ1) is 11.1. The lowest BCUT2D eigenvalue weighted by Crippen LogP contribution is -2.58.